The third kappa shape index (κ3) is 3.70. The average molecular weight is 380 g/mol. The summed E-state index contributed by atoms with van der Waals surface area (Å²) in [5.41, 5.74) is 1.79. The molecule has 122 valence electrons. The first kappa shape index (κ1) is 16.8. The van der Waals surface area contributed by atoms with Crippen molar-refractivity contribution in [2.75, 3.05) is 0 Å². The monoisotopic (exact) mass is 379 g/mol. The van der Waals surface area contributed by atoms with E-state index in [4.69, 9.17) is 33.0 Å². The summed E-state index contributed by atoms with van der Waals surface area (Å²) in [5.74, 6) is -0.852. The number of halogens is 2. The van der Waals surface area contributed by atoms with Crippen LogP contribution in [0.4, 0.5) is 0 Å². The SMILES string of the molecule is O=C(O)c1cc(Cl)c(OCc2csc(-c3ccccc3)n2)c(Cl)c1. The van der Waals surface area contributed by atoms with Crippen molar-refractivity contribution in [3.63, 3.8) is 0 Å². The molecule has 3 aromatic rings. The zero-order chi connectivity index (χ0) is 17.1. The number of nitrogens with zero attached hydrogens (tertiary/aromatic N) is 1. The number of aromatic carboxylic acids is 1. The summed E-state index contributed by atoms with van der Waals surface area (Å²) in [6.45, 7) is 0.190. The maximum atomic E-state index is 11.0. The molecule has 0 saturated heterocycles. The van der Waals surface area contributed by atoms with E-state index >= 15 is 0 Å². The lowest BCUT2D eigenvalue weighted by Crippen LogP contribution is -2.00. The van der Waals surface area contributed by atoms with E-state index in [9.17, 15) is 4.79 Å². The molecule has 0 aliphatic heterocycles. The van der Waals surface area contributed by atoms with E-state index < -0.39 is 5.97 Å². The van der Waals surface area contributed by atoms with Crippen LogP contribution in [0.1, 0.15) is 16.1 Å². The van der Waals surface area contributed by atoms with Gasteiger partial charge in [-0.1, -0.05) is 53.5 Å². The van der Waals surface area contributed by atoms with Crippen LogP contribution in [-0.4, -0.2) is 16.1 Å². The second-order valence-corrected chi connectivity index (χ2v) is 6.55. The van der Waals surface area contributed by atoms with Crippen LogP contribution in [0.3, 0.4) is 0 Å². The number of benzene rings is 2. The van der Waals surface area contributed by atoms with Crippen molar-refractivity contribution in [1.82, 2.24) is 4.98 Å². The van der Waals surface area contributed by atoms with Crippen molar-refractivity contribution >= 4 is 40.5 Å². The van der Waals surface area contributed by atoms with Crippen LogP contribution in [-0.2, 0) is 6.61 Å². The number of carboxylic acid groups (broad SMARTS) is 1. The molecule has 7 heteroatoms. The van der Waals surface area contributed by atoms with E-state index in [1.165, 1.54) is 23.5 Å². The van der Waals surface area contributed by atoms with Crippen molar-refractivity contribution in [2.45, 2.75) is 6.61 Å². The van der Waals surface area contributed by atoms with Crippen LogP contribution in [0.15, 0.2) is 47.8 Å². The van der Waals surface area contributed by atoms with Gasteiger partial charge in [0.1, 0.15) is 11.6 Å². The molecule has 0 aliphatic carbocycles. The summed E-state index contributed by atoms with van der Waals surface area (Å²) in [6, 6.07) is 12.4. The van der Waals surface area contributed by atoms with Gasteiger partial charge in [0.2, 0.25) is 0 Å². The highest BCUT2D eigenvalue weighted by molar-refractivity contribution is 7.13. The van der Waals surface area contributed by atoms with Gasteiger partial charge in [-0.15, -0.1) is 11.3 Å². The van der Waals surface area contributed by atoms with Gasteiger partial charge < -0.3 is 9.84 Å². The first-order chi connectivity index (χ1) is 11.5. The number of carboxylic acids is 1. The number of rotatable bonds is 5. The molecule has 0 radical (unpaired) electrons. The molecule has 0 atom stereocenters. The van der Waals surface area contributed by atoms with Gasteiger partial charge in [0.05, 0.1) is 21.3 Å². The van der Waals surface area contributed by atoms with E-state index in [2.05, 4.69) is 4.98 Å². The molecule has 24 heavy (non-hydrogen) atoms. The van der Waals surface area contributed by atoms with Gasteiger partial charge in [0, 0.05) is 10.9 Å². The Labute approximate surface area is 152 Å². The van der Waals surface area contributed by atoms with Gasteiger partial charge in [-0.2, -0.15) is 0 Å². The smallest absolute Gasteiger partial charge is 0.335 e. The largest absolute Gasteiger partial charge is 0.484 e. The Balaban J connectivity index is 1.75. The summed E-state index contributed by atoms with van der Waals surface area (Å²) >= 11 is 13.6. The van der Waals surface area contributed by atoms with Crippen LogP contribution < -0.4 is 4.74 Å². The molecule has 1 aromatic heterocycles. The third-order valence-electron chi connectivity index (χ3n) is 3.18. The highest BCUT2D eigenvalue weighted by Gasteiger charge is 2.14. The van der Waals surface area contributed by atoms with E-state index in [0.29, 0.717) is 0 Å². The fourth-order valence-corrected chi connectivity index (χ4v) is 3.46. The minimum atomic E-state index is -1.10. The molecule has 0 saturated carbocycles. The lowest BCUT2D eigenvalue weighted by atomic mass is 10.2. The molecule has 2 aromatic carbocycles. The topological polar surface area (TPSA) is 59.4 Å². The molecule has 1 N–H and O–H groups in total. The Morgan fingerprint density at radius 3 is 2.46 bits per heavy atom. The highest BCUT2D eigenvalue weighted by Crippen LogP contribution is 2.35. The summed E-state index contributed by atoms with van der Waals surface area (Å²) in [7, 11) is 0. The third-order valence-corrected chi connectivity index (χ3v) is 4.68. The molecule has 0 unspecified atom stereocenters. The van der Waals surface area contributed by atoms with Gasteiger partial charge in [-0.3, -0.25) is 0 Å². The minimum absolute atomic E-state index is 0.0115. The van der Waals surface area contributed by atoms with Crippen LogP contribution in [0, 0.1) is 0 Å². The molecule has 0 fully saturated rings. The Bertz CT molecular complexity index is 858. The second kappa shape index (κ2) is 7.21. The van der Waals surface area contributed by atoms with E-state index in [1.807, 2.05) is 35.7 Å². The number of hydrogen-bond acceptors (Lipinski definition) is 4. The van der Waals surface area contributed by atoms with Crippen LogP contribution in [0.2, 0.25) is 10.0 Å². The molecule has 4 nitrogen and oxygen atoms in total. The molecule has 0 bridgehead atoms. The van der Waals surface area contributed by atoms with Crippen LogP contribution in [0.25, 0.3) is 10.6 Å². The van der Waals surface area contributed by atoms with Gasteiger partial charge in [-0.05, 0) is 12.1 Å². The zero-order valence-electron chi connectivity index (χ0n) is 12.2. The lowest BCUT2D eigenvalue weighted by molar-refractivity contribution is 0.0697. The predicted octanol–water partition coefficient (Wildman–Crippen LogP) is 5.39. The maximum Gasteiger partial charge on any atom is 0.335 e. The molecule has 1 heterocycles. The van der Waals surface area contributed by atoms with E-state index in [1.54, 1.807) is 0 Å². The highest BCUT2D eigenvalue weighted by atomic mass is 35.5. The van der Waals surface area contributed by atoms with Crippen molar-refractivity contribution in [2.24, 2.45) is 0 Å². The van der Waals surface area contributed by atoms with Gasteiger partial charge in [0.15, 0.2) is 5.75 Å². The Morgan fingerprint density at radius 2 is 1.83 bits per heavy atom. The fourth-order valence-electron chi connectivity index (χ4n) is 2.05. The standard InChI is InChI=1S/C17H11Cl2NO3S/c18-13-6-11(17(21)22)7-14(19)15(13)23-8-12-9-24-16(20-12)10-4-2-1-3-5-10/h1-7,9H,8H2,(H,21,22). The summed E-state index contributed by atoms with van der Waals surface area (Å²) < 4.78 is 5.62. The first-order valence-electron chi connectivity index (χ1n) is 6.89. The Hall–Kier alpha value is -2.08. The first-order valence-corrected chi connectivity index (χ1v) is 8.53. The quantitative estimate of drug-likeness (QED) is 0.644. The van der Waals surface area contributed by atoms with Crippen LogP contribution in [0.5, 0.6) is 5.75 Å². The predicted molar refractivity (Wildman–Crippen MR) is 95.3 cm³/mol. The maximum absolute atomic E-state index is 11.0. The molecule has 0 amide bonds. The van der Waals surface area contributed by atoms with Crippen LogP contribution >= 0.6 is 34.5 Å². The molecule has 3 rings (SSSR count). The van der Waals surface area contributed by atoms with Crippen molar-refractivity contribution in [3.8, 4) is 16.3 Å². The molecular weight excluding hydrogens is 369 g/mol. The number of aromatic nitrogens is 1. The van der Waals surface area contributed by atoms with Gasteiger partial charge >= 0.3 is 5.97 Å². The normalized spacial score (nSPS) is 10.6. The number of ether oxygens (including phenoxy) is 1. The van der Waals surface area contributed by atoms with Crippen molar-refractivity contribution in [3.05, 3.63) is 69.1 Å². The second-order valence-electron chi connectivity index (χ2n) is 4.87. The Kier molecular flexibility index (Phi) is 5.04. The molecule has 0 aliphatic rings. The van der Waals surface area contributed by atoms with Gasteiger partial charge in [-0.25, -0.2) is 9.78 Å². The summed E-state index contributed by atoms with van der Waals surface area (Å²) in [5, 5.41) is 12.1. The Morgan fingerprint density at radius 1 is 1.17 bits per heavy atom. The fraction of sp³-hybridized carbons (Fsp3) is 0.0588. The molecular formula is C17H11Cl2NO3S. The number of hydrogen-bond donors (Lipinski definition) is 1. The number of carbonyl (C=O) groups is 1. The average Bonchev–Trinajstić information content (AvgIpc) is 3.03. The minimum Gasteiger partial charge on any atom is -0.484 e. The zero-order valence-corrected chi connectivity index (χ0v) is 14.5. The van der Waals surface area contributed by atoms with Crippen molar-refractivity contribution in [1.29, 1.82) is 0 Å². The summed E-state index contributed by atoms with van der Waals surface area (Å²) in [6.07, 6.45) is 0. The summed E-state index contributed by atoms with van der Waals surface area (Å²) in [4.78, 5) is 15.5. The lowest BCUT2D eigenvalue weighted by Gasteiger charge is -2.09. The number of thiazole rings is 1. The van der Waals surface area contributed by atoms with Gasteiger partial charge in [0.25, 0.3) is 0 Å². The van der Waals surface area contributed by atoms with E-state index in [-0.39, 0.29) is 28.0 Å². The van der Waals surface area contributed by atoms with E-state index in [0.717, 1.165) is 16.3 Å². The van der Waals surface area contributed by atoms with Crippen molar-refractivity contribution < 1.29 is 14.6 Å². The molecule has 0 spiro atoms.